The summed E-state index contributed by atoms with van der Waals surface area (Å²) in [6.07, 6.45) is 8.78. The molecule has 1 heterocycles. The lowest BCUT2D eigenvalue weighted by atomic mass is 9.99. The molecule has 0 aromatic heterocycles. The predicted molar refractivity (Wildman–Crippen MR) is 83.4 cm³/mol. The molecule has 0 bridgehead atoms. The summed E-state index contributed by atoms with van der Waals surface area (Å²) in [4.78, 5) is 14.4. The van der Waals surface area contributed by atoms with E-state index in [-0.39, 0.29) is 11.9 Å². The van der Waals surface area contributed by atoms with Gasteiger partial charge in [-0.1, -0.05) is 26.2 Å². The van der Waals surface area contributed by atoms with Crippen molar-refractivity contribution in [3.63, 3.8) is 0 Å². The van der Waals surface area contributed by atoms with Crippen LogP contribution in [0.3, 0.4) is 0 Å². The third-order valence-electron chi connectivity index (χ3n) is 3.85. The standard InChI is InChI=1S/C16H29N3O/c1-5-9-18-16(20)14(4)19-10-7-6-8-15(19)12-17-11-13(2)3/h1,13-15,17H,6-12H2,2-4H3,(H,18,20). The van der Waals surface area contributed by atoms with Gasteiger partial charge in [-0.05, 0) is 38.8 Å². The van der Waals surface area contributed by atoms with E-state index in [9.17, 15) is 4.79 Å². The molecule has 1 aliphatic heterocycles. The minimum atomic E-state index is -0.102. The Hall–Kier alpha value is -1.05. The van der Waals surface area contributed by atoms with E-state index in [1.165, 1.54) is 12.8 Å². The van der Waals surface area contributed by atoms with Crippen molar-refractivity contribution < 1.29 is 4.79 Å². The van der Waals surface area contributed by atoms with E-state index in [1.807, 2.05) is 6.92 Å². The number of carbonyl (C=O) groups excluding carboxylic acids is 1. The highest BCUT2D eigenvalue weighted by Crippen LogP contribution is 2.19. The van der Waals surface area contributed by atoms with Crippen LogP contribution in [0.15, 0.2) is 0 Å². The van der Waals surface area contributed by atoms with Crippen LogP contribution in [0.25, 0.3) is 0 Å². The maximum atomic E-state index is 12.1. The smallest absolute Gasteiger partial charge is 0.237 e. The number of carbonyl (C=O) groups is 1. The van der Waals surface area contributed by atoms with Crippen molar-refractivity contribution in [3.05, 3.63) is 0 Å². The number of likely N-dealkylation sites (tertiary alicyclic amines) is 1. The van der Waals surface area contributed by atoms with E-state index < -0.39 is 0 Å². The second kappa shape index (κ2) is 8.99. The van der Waals surface area contributed by atoms with Crippen LogP contribution in [0.1, 0.15) is 40.0 Å². The maximum absolute atomic E-state index is 12.1. The molecule has 20 heavy (non-hydrogen) atoms. The fraction of sp³-hybridized carbons (Fsp3) is 0.812. The van der Waals surface area contributed by atoms with Crippen LogP contribution in [-0.4, -0.2) is 49.1 Å². The largest absolute Gasteiger partial charge is 0.344 e. The first-order valence-electron chi connectivity index (χ1n) is 7.74. The highest BCUT2D eigenvalue weighted by atomic mass is 16.2. The fourth-order valence-electron chi connectivity index (χ4n) is 2.73. The molecule has 1 amide bonds. The Morgan fingerprint density at radius 2 is 2.15 bits per heavy atom. The van der Waals surface area contributed by atoms with Gasteiger partial charge >= 0.3 is 0 Å². The van der Waals surface area contributed by atoms with Crippen LogP contribution in [0.2, 0.25) is 0 Å². The molecule has 1 aliphatic rings. The van der Waals surface area contributed by atoms with Gasteiger partial charge in [0.05, 0.1) is 12.6 Å². The van der Waals surface area contributed by atoms with Gasteiger partial charge in [0, 0.05) is 12.6 Å². The molecule has 0 saturated carbocycles. The molecular formula is C16H29N3O. The number of amides is 1. The minimum Gasteiger partial charge on any atom is -0.344 e. The molecule has 2 atom stereocenters. The van der Waals surface area contributed by atoms with Crippen molar-refractivity contribution in [1.29, 1.82) is 0 Å². The zero-order valence-electron chi connectivity index (χ0n) is 13.1. The summed E-state index contributed by atoms with van der Waals surface area (Å²) in [7, 11) is 0. The van der Waals surface area contributed by atoms with Crippen molar-refractivity contribution in [3.8, 4) is 12.3 Å². The van der Waals surface area contributed by atoms with Crippen LogP contribution < -0.4 is 10.6 Å². The third-order valence-corrected chi connectivity index (χ3v) is 3.85. The van der Waals surface area contributed by atoms with Crippen molar-refractivity contribution in [2.24, 2.45) is 5.92 Å². The van der Waals surface area contributed by atoms with Crippen LogP contribution in [0.5, 0.6) is 0 Å². The molecule has 1 rings (SSSR count). The molecule has 4 heteroatoms. The number of hydrogen-bond donors (Lipinski definition) is 2. The summed E-state index contributed by atoms with van der Waals surface area (Å²) in [5.74, 6) is 3.15. The van der Waals surface area contributed by atoms with Gasteiger partial charge in [-0.15, -0.1) is 6.42 Å². The molecule has 0 radical (unpaired) electrons. The minimum absolute atomic E-state index is 0.0405. The lowest BCUT2D eigenvalue weighted by molar-refractivity contribution is -0.127. The maximum Gasteiger partial charge on any atom is 0.237 e. The zero-order valence-corrected chi connectivity index (χ0v) is 13.1. The van der Waals surface area contributed by atoms with Gasteiger partial charge in [-0.3, -0.25) is 9.69 Å². The highest BCUT2D eigenvalue weighted by molar-refractivity contribution is 5.81. The van der Waals surface area contributed by atoms with E-state index in [4.69, 9.17) is 6.42 Å². The summed E-state index contributed by atoms with van der Waals surface area (Å²) < 4.78 is 0. The number of nitrogens with one attached hydrogen (secondary N) is 2. The number of hydrogen-bond acceptors (Lipinski definition) is 3. The molecular weight excluding hydrogens is 250 g/mol. The van der Waals surface area contributed by atoms with Crippen LogP contribution >= 0.6 is 0 Å². The molecule has 114 valence electrons. The first-order chi connectivity index (χ1) is 9.56. The topological polar surface area (TPSA) is 44.4 Å². The Labute approximate surface area is 123 Å². The summed E-state index contributed by atoms with van der Waals surface area (Å²) in [5, 5.41) is 6.30. The van der Waals surface area contributed by atoms with Gasteiger partial charge < -0.3 is 10.6 Å². The number of rotatable bonds is 7. The zero-order chi connectivity index (χ0) is 15.0. The molecule has 0 aliphatic carbocycles. The first kappa shape index (κ1) is 17.0. The summed E-state index contributed by atoms with van der Waals surface area (Å²) in [5.41, 5.74) is 0. The molecule has 0 aromatic carbocycles. The van der Waals surface area contributed by atoms with E-state index in [0.29, 0.717) is 18.5 Å². The van der Waals surface area contributed by atoms with E-state index in [1.54, 1.807) is 0 Å². The van der Waals surface area contributed by atoms with E-state index in [2.05, 4.69) is 35.3 Å². The van der Waals surface area contributed by atoms with Crippen molar-refractivity contribution in [2.75, 3.05) is 26.2 Å². The van der Waals surface area contributed by atoms with Crippen molar-refractivity contribution in [1.82, 2.24) is 15.5 Å². The molecule has 1 saturated heterocycles. The van der Waals surface area contributed by atoms with E-state index in [0.717, 1.165) is 26.1 Å². The second-order valence-electron chi connectivity index (χ2n) is 6.04. The Bertz CT molecular complexity index is 335. The van der Waals surface area contributed by atoms with Gasteiger partial charge in [-0.25, -0.2) is 0 Å². The van der Waals surface area contributed by atoms with E-state index >= 15 is 0 Å². The first-order valence-corrected chi connectivity index (χ1v) is 7.74. The normalized spacial score (nSPS) is 21.4. The van der Waals surface area contributed by atoms with Crippen molar-refractivity contribution in [2.45, 2.75) is 52.1 Å². The van der Waals surface area contributed by atoms with Gasteiger partial charge in [0.25, 0.3) is 0 Å². The average molecular weight is 279 g/mol. The third kappa shape index (κ3) is 5.52. The SMILES string of the molecule is C#CCNC(=O)C(C)N1CCCCC1CNCC(C)C. The van der Waals surface area contributed by atoms with Gasteiger partial charge in [-0.2, -0.15) is 0 Å². The summed E-state index contributed by atoms with van der Waals surface area (Å²) in [6, 6.07) is 0.351. The highest BCUT2D eigenvalue weighted by Gasteiger charge is 2.29. The predicted octanol–water partition coefficient (Wildman–Crippen LogP) is 1.22. The molecule has 2 N–H and O–H groups in total. The molecule has 0 spiro atoms. The Kier molecular flexibility index (Phi) is 7.64. The summed E-state index contributed by atoms with van der Waals surface area (Å²) in [6.45, 7) is 9.70. The lowest BCUT2D eigenvalue weighted by Gasteiger charge is -2.39. The Morgan fingerprint density at radius 1 is 1.40 bits per heavy atom. The Balaban J connectivity index is 2.50. The van der Waals surface area contributed by atoms with Gasteiger partial charge in [0.2, 0.25) is 5.91 Å². The summed E-state index contributed by atoms with van der Waals surface area (Å²) >= 11 is 0. The Morgan fingerprint density at radius 3 is 2.80 bits per heavy atom. The lowest BCUT2D eigenvalue weighted by Crippen LogP contribution is -2.54. The number of piperidine rings is 1. The molecule has 0 aromatic rings. The molecule has 4 nitrogen and oxygen atoms in total. The van der Waals surface area contributed by atoms with Crippen LogP contribution in [-0.2, 0) is 4.79 Å². The fourth-order valence-corrected chi connectivity index (χ4v) is 2.73. The van der Waals surface area contributed by atoms with Crippen molar-refractivity contribution >= 4 is 5.91 Å². The average Bonchev–Trinajstić information content (AvgIpc) is 2.44. The number of nitrogens with zero attached hydrogens (tertiary/aromatic N) is 1. The van der Waals surface area contributed by atoms with Crippen LogP contribution in [0.4, 0.5) is 0 Å². The quantitative estimate of drug-likeness (QED) is 0.689. The van der Waals surface area contributed by atoms with Crippen LogP contribution in [0, 0.1) is 18.3 Å². The molecule has 2 unspecified atom stereocenters. The van der Waals surface area contributed by atoms with Gasteiger partial charge in [0.15, 0.2) is 0 Å². The second-order valence-corrected chi connectivity index (χ2v) is 6.04. The molecule has 1 fully saturated rings. The monoisotopic (exact) mass is 279 g/mol. The number of terminal acetylenes is 1. The van der Waals surface area contributed by atoms with Gasteiger partial charge in [0.1, 0.15) is 0 Å².